The molecular weight excluding hydrogens is 356 g/mol. The van der Waals surface area contributed by atoms with Gasteiger partial charge in [0.15, 0.2) is 0 Å². The van der Waals surface area contributed by atoms with E-state index in [1.54, 1.807) is 24.3 Å². The molecule has 5 atom stereocenters. The van der Waals surface area contributed by atoms with Crippen molar-refractivity contribution in [2.45, 2.75) is 18.9 Å². The monoisotopic (exact) mass is 376 g/mol. The molecule has 6 nitrogen and oxygen atoms in total. The zero-order valence-electron chi connectivity index (χ0n) is 15.2. The molecule has 5 unspecified atom stereocenters. The number of fused-ring (bicyclic) bond motifs is 5. The molecule has 142 valence electrons. The van der Waals surface area contributed by atoms with Crippen LogP contribution in [0.1, 0.15) is 24.6 Å². The predicted octanol–water partition coefficient (Wildman–Crippen LogP) is 3.16. The minimum Gasteiger partial charge on any atom is -0.467 e. The molecule has 1 N–H and O–H groups in total. The molecule has 1 aromatic carbocycles. The fraction of sp³-hybridized carbons (Fsp3) is 0.318. The Morgan fingerprint density at radius 3 is 2.32 bits per heavy atom. The number of benzene rings is 1. The van der Waals surface area contributed by atoms with E-state index in [9.17, 15) is 14.4 Å². The van der Waals surface area contributed by atoms with Gasteiger partial charge in [-0.2, -0.15) is 0 Å². The van der Waals surface area contributed by atoms with E-state index in [1.807, 2.05) is 18.2 Å². The molecule has 0 spiro atoms. The van der Waals surface area contributed by atoms with E-state index in [0.717, 1.165) is 6.42 Å². The van der Waals surface area contributed by atoms with E-state index in [0.29, 0.717) is 11.4 Å². The molecule has 1 aromatic heterocycles. The summed E-state index contributed by atoms with van der Waals surface area (Å²) < 4.78 is 5.51. The second-order valence-electron chi connectivity index (χ2n) is 7.70. The van der Waals surface area contributed by atoms with E-state index >= 15 is 0 Å². The Bertz CT molecular complexity index is 920. The molecule has 2 bridgehead atoms. The zero-order chi connectivity index (χ0) is 19.3. The number of allylic oxidation sites excluding steroid dienone is 2. The molecule has 5 rings (SSSR count). The highest BCUT2D eigenvalue weighted by atomic mass is 16.3. The molecule has 3 aliphatic rings. The van der Waals surface area contributed by atoms with Gasteiger partial charge < -0.3 is 9.73 Å². The maximum atomic E-state index is 13.2. The Hall–Kier alpha value is -3.15. The quantitative estimate of drug-likeness (QED) is 0.642. The molecule has 1 saturated carbocycles. The normalized spacial score (nSPS) is 28.6. The molecule has 1 saturated heterocycles. The van der Waals surface area contributed by atoms with E-state index in [1.165, 1.54) is 11.2 Å². The molecule has 6 heteroatoms. The van der Waals surface area contributed by atoms with Gasteiger partial charge in [0.2, 0.25) is 17.7 Å². The van der Waals surface area contributed by atoms with E-state index in [4.69, 9.17) is 4.42 Å². The van der Waals surface area contributed by atoms with Crippen molar-refractivity contribution in [3.8, 4) is 0 Å². The number of furan rings is 1. The predicted molar refractivity (Wildman–Crippen MR) is 101 cm³/mol. The van der Waals surface area contributed by atoms with E-state index in [-0.39, 0.29) is 47.8 Å². The Kier molecular flexibility index (Phi) is 3.93. The number of nitrogens with zero attached hydrogens (tertiary/aromatic N) is 1. The summed E-state index contributed by atoms with van der Waals surface area (Å²) in [6.45, 7) is 0. The topological polar surface area (TPSA) is 79.6 Å². The maximum absolute atomic E-state index is 13.2. The first-order valence-electron chi connectivity index (χ1n) is 9.57. The third kappa shape index (κ3) is 2.59. The second-order valence-corrected chi connectivity index (χ2v) is 7.70. The Morgan fingerprint density at radius 2 is 1.71 bits per heavy atom. The van der Waals surface area contributed by atoms with Crippen LogP contribution in [-0.4, -0.2) is 22.6 Å². The largest absolute Gasteiger partial charge is 0.467 e. The van der Waals surface area contributed by atoms with Crippen molar-refractivity contribution in [1.82, 2.24) is 4.90 Å². The molecule has 2 aromatic rings. The molecule has 3 amide bonds. The van der Waals surface area contributed by atoms with Crippen LogP contribution in [-0.2, 0) is 14.4 Å². The highest BCUT2D eigenvalue weighted by Gasteiger charge is 2.60. The lowest BCUT2D eigenvalue weighted by Gasteiger charge is -2.26. The van der Waals surface area contributed by atoms with Crippen molar-refractivity contribution in [1.29, 1.82) is 0 Å². The number of rotatable bonds is 5. The summed E-state index contributed by atoms with van der Waals surface area (Å²) in [6, 6.07) is 11.8. The van der Waals surface area contributed by atoms with Crippen LogP contribution in [0.4, 0.5) is 5.69 Å². The highest BCUT2D eigenvalue weighted by molar-refractivity contribution is 6.07. The van der Waals surface area contributed by atoms with Crippen molar-refractivity contribution in [3.05, 3.63) is 66.6 Å². The summed E-state index contributed by atoms with van der Waals surface area (Å²) in [5, 5.41) is 2.83. The minimum atomic E-state index is -0.733. The number of likely N-dealkylation sites (tertiary alicyclic amines) is 1. The van der Waals surface area contributed by atoms with Crippen LogP contribution in [0.3, 0.4) is 0 Å². The second kappa shape index (κ2) is 6.48. The number of carbonyl (C=O) groups is 3. The average Bonchev–Trinajstić information content (AvgIpc) is 3.46. The van der Waals surface area contributed by atoms with Crippen LogP contribution in [0.15, 0.2) is 65.3 Å². The third-order valence-corrected chi connectivity index (χ3v) is 6.12. The number of para-hydroxylation sites is 1. The Morgan fingerprint density at radius 1 is 1.04 bits per heavy atom. The van der Waals surface area contributed by atoms with Crippen LogP contribution in [0, 0.1) is 23.7 Å². The number of carbonyl (C=O) groups excluding carboxylic acids is 3. The maximum Gasteiger partial charge on any atom is 0.234 e. The summed E-state index contributed by atoms with van der Waals surface area (Å²) in [6.07, 6.45) is 6.45. The lowest BCUT2D eigenvalue weighted by Crippen LogP contribution is -2.38. The van der Waals surface area contributed by atoms with Gasteiger partial charge in [-0.25, -0.2) is 0 Å². The van der Waals surface area contributed by atoms with E-state index < -0.39 is 6.04 Å². The average molecular weight is 376 g/mol. The molecular formula is C22H20N2O4. The van der Waals surface area contributed by atoms with Gasteiger partial charge in [0.25, 0.3) is 0 Å². The Balaban J connectivity index is 1.41. The lowest BCUT2D eigenvalue weighted by molar-refractivity contribution is -0.144. The fourth-order valence-corrected chi connectivity index (χ4v) is 4.94. The lowest BCUT2D eigenvalue weighted by atomic mass is 9.85. The minimum absolute atomic E-state index is 0.0396. The molecule has 2 aliphatic carbocycles. The van der Waals surface area contributed by atoms with Crippen molar-refractivity contribution in [2.75, 3.05) is 5.32 Å². The number of nitrogens with one attached hydrogen (secondary N) is 1. The molecule has 1 aliphatic heterocycles. The van der Waals surface area contributed by atoms with Gasteiger partial charge in [0.05, 0.1) is 24.5 Å². The highest BCUT2D eigenvalue weighted by Crippen LogP contribution is 2.54. The summed E-state index contributed by atoms with van der Waals surface area (Å²) in [5.41, 5.74) is 0.670. The van der Waals surface area contributed by atoms with Gasteiger partial charge in [-0.3, -0.25) is 19.3 Å². The molecule has 28 heavy (non-hydrogen) atoms. The number of hydrogen-bond donors (Lipinski definition) is 1. The van der Waals surface area contributed by atoms with E-state index in [2.05, 4.69) is 17.5 Å². The Labute approximate surface area is 162 Å². The summed E-state index contributed by atoms with van der Waals surface area (Å²) in [4.78, 5) is 40.3. The van der Waals surface area contributed by atoms with Crippen LogP contribution >= 0.6 is 0 Å². The van der Waals surface area contributed by atoms with Crippen LogP contribution in [0.2, 0.25) is 0 Å². The number of hydrogen-bond acceptors (Lipinski definition) is 4. The molecule has 2 heterocycles. The first kappa shape index (κ1) is 17.0. The van der Waals surface area contributed by atoms with Gasteiger partial charge in [-0.1, -0.05) is 30.4 Å². The number of amides is 3. The van der Waals surface area contributed by atoms with Gasteiger partial charge in [0.1, 0.15) is 11.8 Å². The SMILES string of the molecule is O=C(CC(c1ccco1)N1C(=O)C2C3C=CC(C3)C2C1=O)Nc1ccccc1. The molecule has 0 radical (unpaired) electrons. The summed E-state index contributed by atoms with van der Waals surface area (Å²) >= 11 is 0. The van der Waals surface area contributed by atoms with Crippen LogP contribution in [0.25, 0.3) is 0 Å². The van der Waals surface area contributed by atoms with Crippen molar-refractivity contribution in [2.24, 2.45) is 23.7 Å². The first-order valence-corrected chi connectivity index (χ1v) is 9.57. The third-order valence-electron chi connectivity index (χ3n) is 6.12. The van der Waals surface area contributed by atoms with Gasteiger partial charge in [0, 0.05) is 5.69 Å². The smallest absolute Gasteiger partial charge is 0.234 e. The van der Waals surface area contributed by atoms with Crippen molar-refractivity contribution in [3.63, 3.8) is 0 Å². The van der Waals surface area contributed by atoms with Gasteiger partial charge in [-0.05, 0) is 42.5 Å². The van der Waals surface area contributed by atoms with Gasteiger partial charge in [-0.15, -0.1) is 0 Å². The first-order chi connectivity index (χ1) is 13.6. The van der Waals surface area contributed by atoms with Crippen LogP contribution in [0.5, 0.6) is 0 Å². The fourth-order valence-electron chi connectivity index (χ4n) is 4.94. The molecule has 2 fully saturated rings. The van der Waals surface area contributed by atoms with Crippen molar-refractivity contribution >= 4 is 23.4 Å². The van der Waals surface area contributed by atoms with Crippen molar-refractivity contribution < 1.29 is 18.8 Å². The van der Waals surface area contributed by atoms with Crippen LogP contribution < -0.4 is 5.32 Å². The zero-order valence-corrected chi connectivity index (χ0v) is 15.2. The summed E-state index contributed by atoms with van der Waals surface area (Å²) in [5.74, 6) is -0.508. The van der Waals surface area contributed by atoms with Gasteiger partial charge >= 0.3 is 0 Å². The number of anilines is 1. The standard InChI is InChI=1S/C22H20N2O4/c25-18(23-15-5-2-1-3-6-15)12-16(17-7-4-10-28-17)24-21(26)19-13-8-9-14(11-13)20(19)22(24)27/h1-10,13-14,16,19-20H,11-12H2,(H,23,25). The number of imide groups is 1. The summed E-state index contributed by atoms with van der Waals surface area (Å²) in [7, 11) is 0.